The molecule has 2 aromatic carbocycles. The number of thiazole rings is 1. The van der Waals surface area contributed by atoms with Crippen molar-refractivity contribution in [3.05, 3.63) is 75.6 Å². The van der Waals surface area contributed by atoms with Crippen LogP contribution < -0.4 is 26.0 Å². The van der Waals surface area contributed by atoms with Gasteiger partial charge in [-0.15, -0.1) is 11.3 Å². The standard InChI is InChI=1S/C51H68ClFN10O6S2/c1-31(52)44(54-5)60-49(55-6)58-39-17-16-37(24-41(39)69-7)46(66)62-22-20-61(21-23-62)27-34-8-10-35(11-9-34)29-71-50(3,4)43(59-48(68)51(53)18-19-51)47(67)63-28-38(64)25-40(63)45(65)56-26-33-12-14-36(15-13-33)42-32(2)57-30-70-42/h12-17,24,30,34-35,38,40,43,54,64H,6,8-11,18-23,25-29H2,1-5,7H3,(H,56,65)(H,58,60)(H,59,68)/b44-31+/t34-,35+,38-,40?,43-/m1/s1. The average molecular weight is 1040 g/mol. The number of aliphatic hydroxyl groups excluding tert-OH is 1. The van der Waals surface area contributed by atoms with Crippen LogP contribution in [0.15, 0.2) is 68.8 Å². The number of amides is 4. The second-order valence-electron chi connectivity index (χ2n) is 19.6. The van der Waals surface area contributed by atoms with Crippen LogP contribution in [0.25, 0.3) is 10.4 Å². The number of hydrogen-bond donors (Lipinski definition) is 5. The molecular formula is C51H68ClFN10O6S2. The number of carbonyl (C=O) groups is 4. The highest BCUT2D eigenvalue weighted by molar-refractivity contribution is 8.00. The van der Waals surface area contributed by atoms with Crippen LogP contribution in [0.5, 0.6) is 5.75 Å². The summed E-state index contributed by atoms with van der Waals surface area (Å²) in [7, 11) is 3.24. The van der Waals surface area contributed by atoms with Crippen molar-refractivity contribution in [2.24, 2.45) is 21.8 Å². The summed E-state index contributed by atoms with van der Waals surface area (Å²) in [5, 5.41) is 23.0. The molecule has 3 atom stereocenters. The lowest BCUT2D eigenvalue weighted by Crippen LogP contribution is -2.61. The predicted octanol–water partition coefficient (Wildman–Crippen LogP) is 6.58. The Labute approximate surface area is 429 Å². The van der Waals surface area contributed by atoms with Crippen molar-refractivity contribution in [2.75, 3.05) is 64.5 Å². The third-order valence-electron chi connectivity index (χ3n) is 14.1. The van der Waals surface area contributed by atoms with E-state index < -0.39 is 46.3 Å². The molecule has 2 aliphatic heterocycles. The molecule has 1 unspecified atom stereocenters. The largest absolute Gasteiger partial charge is 0.495 e. The quantitative estimate of drug-likeness (QED) is 0.0683. The highest BCUT2D eigenvalue weighted by Crippen LogP contribution is 2.42. The van der Waals surface area contributed by atoms with Crippen LogP contribution in [0.4, 0.5) is 10.1 Å². The molecule has 0 bridgehead atoms. The molecule has 20 heteroatoms. The Morgan fingerprint density at radius 3 is 2.37 bits per heavy atom. The number of nitrogens with one attached hydrogen (secondary N) is 4. The van der Waals surface area contributed by atoms with Gasteiger partial charge in [0.15, 0.2) is 5.67 Å². The van der Waals surface area contributed by atoms with Crippen LogP contribution in [0, 0.1) is 18.8 Å². The van der Waals surface area contributed by atoms with Gasteiger partial charge in [0, 0.05) is 69.6 Å². The van der Waals surface area contributed by atoms with E-state index in [0.717, 1.165) is 72.8 Å². The van der Waals surface area contributed by atoms with E-state index in [4.69, 9.17) is 16.3 Å². The summed E-state index contributed by atoms with van der Waals surface area (Å²) < 4.78 is 19.9. The number of nitrogens with zero attached hydrogens (tertiary/aromatic N) is 6. The Balaban J connectivity index is 0.887. The molecule has 1 aromatic heterocycles. The van der Waals surface area contributed by atoms with Gasteiger partial charge in [0.05, 0.1) is 40.0 Å². The van der Waals surface area contributed by atoms with E-state index in [1.807, 2.05) is 55.4 Å². The number of methoxy groups -OCH3 is 1. The molecule has 2 aliphatic carbocycles. The van der Waals surface area contributed by atoms with Gasteiger partial charge in [-0.05, 0) is 120 Å². The number of thioether (sulfide) groups is 1. The molecule has 71 heavy (non-hydrogen) atoms. The number of piperazine rings is 1. The number of benzene rings is 2. The number of aromatic nitrogens is 1. The summed E-state index contributed by atoms with van der Waals surface area (Å²) in [5.74, 6) is 0.988. The minimum absolute atomic E-state index is 0.0573. The maximum absolute atomic E-state index is 15.2. The van der Waals surface area contributed by atoms with Crippen LogP contribution in [0.3, 0.4) is 0 Å². The van der Waals surface area contributed by atoms with Crippen LogP contribution >= 0.6 is 34.7 Å². The third kappa shape index (κ3) is 13.5. The van der Waals surface area contributed by atoms with Gasteiger partial charge in [0.1, 0.15) is 23.7 Å². The van der Waals surface area contributed by atoms with Crippen LogP contribution in [0.2, 0.25) is 0 Å². The fraction of sp³-hybridized carbons (Fsp3) is 0.549. The number of rotatable bonds is 18. The highest BCUT2D eigenvalue weighted by Gasteiger charge is 2.54. The van der Waals surface area contributed by atoms with Crippen molar-refractivity contribution in [1.29, 1.82) is 0 Å². The Morgan fingerprint density at radius 1 is 1.07 bits per heavy atom. The maximum atomic E-state index is 15.2. The van der Waals surface area contributed by atoms with Crippen LogP contribution in [-0.2, 0) is 20.9 Å². The smallest absolute Gasteiger partial charge is 0.258 e. The van der Waals surface area contributed by atoms with Gasteiger partial charge < -0.3 is 40.9 Å². The summed E-state index contributed by atoms with van der Waals surface area (Å²) in [5.41, 5.74) is 3.76. The Bertz CT molecular complexity index is 2460. The lowest BCUT2D eigenvalue weighted by Gasteiger charge is -2.40. The number of carbonyl (C=O) groups excluding carboxylic acids is 4. The molecule has 4 amide bonds. The highest BCUT2D eigenvalue weighted by atomic mass is 35.5. The van der Waals surface area contributed by atoms with E-state index >= 15 is 4.39 Å². The number of hydrogen-bond acceptors (Lipinski definition) is 12. The van der Waals surface area contributed by atoms with Crippen LogP contribution in [0.1, 0.15) is 87.3 Å². The van der Waals surface area contributed by atoms with Crippen molar-refractivity contribution < 1.29 is 33.4 Å². The summed E-state index contributed by atoms with van der Waals surface area (Å²) in [6.45, 7) is 15.0. The number of anilines is 1. The first-order chi connectivity index (χ1) is 33.9. The zero-order chi connectivity index (χ0) is 51.0. The number of ether oxygens (including phenoxy) is 1. The first-order valence-electron chi connectivity index (χ1n) is 24.4. The molecule has 16 nitrogen and oxygen atoms in total. The van der Waals surface area contributed by atoms with Gasteiger partial charge in [0.25, 0.3) is 11.8 Å². The Hall–Kier alpha value is -5.08. The average Bonchev–Trinajstić information content (AvgIpc) is 3.78. The molecule has 4 aliphatic rings. The van der Waals surface area contributed by atoms with Gasteiger partial charge in [-0.1, -0.05) is 35.9 Å². The molecule has 2 saturated heterocycles. The normalized spacial score (nSPS) is 22.2. The van der Waals surface area contributed by atoms with Crippen molar-refractivity contribution in [1.82, 2.24) is 35.6 Å². The van der Waals surface area contributed by atoms with E-state index in [9.17, 15) is 24.3 Å². The fourth-order valence-electron chi connectivity index (χ4n) is 9.50. The maximum Gasteiger partial charge on any atom is 0.258 e. The molecule has 384 valence electrons. The number of allylic oxidation sites excluding steroid dienone is 1. The van der Waals surface area contributed by atoms with Crippen molar-refractivity contribution >= 4 is 76.7 Å². The second-order valence-corrected chi connectivity index (χ2v) is 22.7. The molecular weight excluding hydrogens is 967 g/mol. The number of likely N-dealkylation sites (tertiary alicyclic amines) is 1. The third-order valence-corrected chi connectivity index (χ3v) is 16.8. The van der Waals surface area contributed by atoms with Crippen molar-refractivity contribution in [3.63, 3.8) is 0 Å². The lowest BCUT2D eigenvalue weighted by molar-refractivity contribution is -0.143. The predicted molar refractivity (Wildman–Crippen MR) is 281 cm³/mol. The SMILES string of the molecule is C=N/C(=N\C(NC)=C(/C)Cl)Nc1ccc(C(=O)N2CCN(C[C@H]3CC[C@@H](CSC(C)(C)[C@H](NC(=O)C4(F)CC4)C(=O)N4C[C@H](O)CC4C(=O)NCc4ccc(-c5scnc5C)cc4)CC3)CC2)cc1OC. The first kappa shape index (κ1) is 53.7. The minimum atomic E-state index is -2.00. The van der Waals surface area contributed by atoms with Crippen molar-refractivity contribution in [2.45, 2.75) is 108 Å². The molecule has 2 saturated carbocycles. The Kier molecular flexibility index (Phi) is 17.9. The van der Waals surface area contributed by atoms with Gasteiger partial charge in [-0.2, -0.15) is 16.8 Å². The molecule has 4 fully saturated rings. The molecule has 0 radical (unpaired) electrons. The van der Waals surface area contributed by atoms with E-state index in [2.05, 4.69) is 47.9 Å². The molecule has 7 rings (SSSR count). The lowest BCUT2D eigenvalue weighted by atomic mass is 9.82. The number of guanidine groups is 1. The van der Waals surface area contributed by atoms with Crippen LogP contribution in [-0.4, -0.2) is 149 Å². The first-order valence-corrected chi connectivity index (χ1v) is 26.6. The second kappa shape index (κ2) is 23.6. The Morgan fingerprint density at radius 2 is 1.76 bits per heavy atom. The van der Waals surface area contributed by atoms with E-state index in [-0.39, 0.29) is 44.2 Å². The molecule has 3 aromatic rings. The number of alkyl halides is 1. The minimum Gasteiger partial charge on any atom is -0.495 e. The molecule has 3 heterocycles. The van der Waals surface area contributed by atoms with E-state index in [0.29, 0.717) is 52.8 Å². The van der Waals surface area contributed by atoms with Crippen molar-refractivity contribution in [3.8, 4) is 16.2 Å². The monoisotopic (exact) mass is 1030 g/mol. The number of aliphatic hydroxyl groups is 1. The topological polar surface area (TPSA) is 193 Å². The number of aliphatic imine (C=N–C) groups is 2. The number of halogens is 2. The zero-order valence-electron chi connectivity index (χ0n) is 41.6. The number of β-amino-alcohol motifs (C(OH)–C–C–N with tert-alkyl or cyclic N) is 1. The van der Waals surface area contributed by atoms with Gasteiger partial charge >= 0.3 is 0 Å². The van der Waals surface area contributed by atoms with Gasteiger partial charge in [-0.3, -0.25) is 24.1 Å². The summed E-state index contributed by atoms with van der Waals surface area (Å²) in [6.07, 6.45) is 3.48. The van der Waals surface area contributed by atoms with Gasteiger partial charge in [0.2, 0.25) is 17.8 Å². The zero-order valence-corrected chi connectivity index (χ0v) is 44.0. The van der Waals surface area contributed by atoms with E-state index in [1.54, 1.807) is 55.3 Å². The van der Waals surface area contributed by atoms with Gasteiger partial charge in [-0.25, -0.2) is 14.4 Å². The fourth-order valence-corrected chi connectivity index (χ4v) is 11.8. The number of aryl methyl sites for hydroxylation is 1. The summed E-state index contributed by atoms with van der Waals surface area (Å²) in [6, 6.07) is 11.0. The molecule has 0 spiro atoms. The summed E-state index contributed by atoms with van der Waals surface area (Å²) >= 11 is 9.28. The van der Waals surface area contributed by atoms with E-state index in [1.165, 1.54) is 12.0 Å². The summed E-state index contributed by atoms with van der Waals surface area (Å²) in [4.78, 5) is 74.6. The molecule has 5 N–H and O–H groups in total.